The highest BCUT2D eigenvalue weighted by molar-refractivity contribution is 6.30. The number of non-ortho nitro benzene ring substituents is 1. The summed E-state index contributed by atoms with van der Waals surface area (Å²) in [5.74, 6) is 0.272. The van der Waals surface area contributed by atoms with E-state index in [0.29, 0.717) is 16.5 Å². The highest BCUT2D eigenvalue weighted by Gasteiger charge is 2.19. The van der Waals surface area contributed by atoms with Crippen LogP contribution in [0.25, 0.3) is 0 Å². The molecule has 1 atom stereocenters. The molecule has 0 spiro atoms. The fourth-order valence-corrected chi connectivity index (χ4v) is 2.12. The lowest BCUT2D eigenvalue weighted by Gasteiger charge is -2.16. The van der Waals surface area contributed by atoms with Crippen molar-refractivity contribution in [1.82, 2.24) is 0 Å². The lowest BCUT2D eigenvalue weighted by molar-refractivity contribution is -0.384. The maximum Gasteiger partial charge on any atom is 0.271 e. The van der Waals surface area contributed by atoms with E-state index in [1.54, 1.807) is 31.2 Å². The third kappa shape index (κ3) is 4.36. The van der Waals surface area contributed by atoms with E-state index in [2.05, 4.69) is 5.32 Å². The summed E-state index contributed by atoms with van der Waals surface area (Å²) in [5, 5.41) is 13.9. The first-order valence-corrected chi connectivity index (χ1v) is 7.34. The number of nitrogens with one attached hydrogen (secondary N) is 1. The summed E-state index contributed by atoms with van der Waals surface area (Å²) in [4.78, 5) is 22.6. The van der Waals surface area contributed by atoms with E-state index < -0.39 is 16.9 Å². The molecule has 0 aliphatic heterocycles. The van der Waals surface area contributed by atoms with Gasteiger partial charge in [0.1, 0.15) is 11.5 Å². The molecule has 1 unspecified atom stereocenters. The molecule has 2 aromatic rings. The molecule has 0 heterocycles. The van der Waals surface area contributed by atoms with Gasteiger partial charge < -0.3 is 14.8 Å². The van der Waals surface area contributed by atoms with Crippen LogP contribution in [0.15, 0.2) is 42.5 Å². The van der Waals surface area contributed by atoms with E-state index in [0.717, 1.165) is 0 Å². The molecule has 0 saturated carbocycles. The summed E-state index contributed by atoms with van der Waals surface area (Å²) >= 11 is 5.86. The van der Waals surface area contributed by atoms with Crippen molar-refractivity contribution in [1.29, 1.82) is 0 Å². The molecular weight excluding hydrogens is 336 g/mol. The maximum atomic E-state index is 12.3. The molecule has 7 nitrogen and oxygen atoms in total. The molecule has 2 rings (SSSR count). The first-order valence-electron chi connectivity index (χ1n) is 6.96. The van der Waals surface area contributed by atoms with Crippen LogP contribution >= 0.6 is 11.6 Å². The minimum atomic E-state index is -0.840. The SMILES string of the molecule is COc1ccc([N+](=O)[O-])cc1NC(=O)C(C)Oc1cccc(Cl)c1. The molecule has 0 radical (unpaired) electrons. The van der Waals surface area contributed by atoms with Crippen molar-refractivity contribution in [3.63, 3.8) is 0 Å². The van der Waals surface area contributed by atoms with Crippen LogP contribution in [-0.2, 0) is 4.79 Å². The highest BCUT2D eigenvalue weighted by atomic mass is 35.5. The van der Waals surface area contributed by atoms with E-state index in [9.17, 15) is 14.9 Å². The van der Waals surface area contributed by atoms with Gasteiger partial charge in [0.15, 0.2) is 6.10 Å². The number of halogens is 1. The number of hydrogen-bond acceptors (Lipinski definition) is 5. The van der Waals surface area contributed by atoms with E-state index in [4.69, 9.17) is 21.1 Å². The molecule has 0 saturated heterocycles. The average Bonchev–Trinajstić information content (AvgIpc) is 2.54. The van der Waals surface area contributed by atoms with Gasteiger partial charge in [-0.05, 0) is 31.2 Å². The zero-order chi connectivity index (χ0) is 17.7. The van der Waals surface area contributed by atoms with Crippen molar-refractivity contribution < 1.29 is 19.2 Å². The van der Waals surface area contributed by atoms with Gasteiger partial charge in [-0.3, -0.25) is 14.9 Å². The van der Waals surface area contributed by atoms with E-state index in [1.807, 2.05) is 0 Å². The van der Waals surface area contributed by atoms with Crippen LogP contribution in [0.5, 0.6) is 11.5 Å². The standard InChI is InChI=1S/C16H15ClN2O5/c1-10(24-13-5-3-4-11(17)8-13)16(20)18-14-9-12(19(21)22)6-7-15(14)23-2/h3-10H,1-2H3,(H,18,20). The van der Waals surface area contributed by atoms with Crippen LogP contribution in [0.3, 0.4) is 0 Å². The molecule has 126 valence electrons. The van der Waals surface area contributed by atoms with E-state index in [-0.39, 0.29) is 11.4 Å². The number of nitro groups is 1. The van der Waals surface area contributed by atoms with Crippen LogP contribution < -0.4 is 14.8 Å². The van der Waals surface area contributed by atoms with Gasteiger partial charge in [-0.15, -0.1) is 0 Å². The number of anilines is 1. The Morgan fingerprint density at radius 2 is 2.04 bits per heavy atom. The molecule has 24 heavy (non-hydrogen) atoms. The summed E-state index contributed by atoms with van der Waals surface area (Å²) in [6, 6.07) is 10.6. The van der Waals surface area contributed by atoms with Gasteiger partial charge >= 0.3 is 0 Å². The first kappa shape index (κ1) is 17.6. The van der Waals surface area contributed by atoms with Crippen molar-refractivity contribution in [3.8, 4) is 11.5 Å². The van der Waals surface area contributed by atoms with Crippen molar-refractivity contribution in [2.75, 3.05) is 12.4 Å². The molecule has 0 bridgehead atoms. The second kappa shape index (κ2) is 7.65. The lowest BCUT2D eigenvalue weighted by atomic mass is 10.2. The Morgan fingerprint density at radius 3 is 2.67 bits per heavy atom. The topological polar surface area (TPSA) is 90.7 Å². The number of nitro benzene ring substituents is 1. The number of benzene rings is 2. The number of rotatable bonds is 6. The second-order valence-corrected chi connectivity index (χ2v) is 5.28. The van der Waals surface area contributed by atoms with Gasteiger partial charge in [0.05, 0.1) is 17.7 Å². The molecule has 0 aromatic heterocycles. The van der Waals surface area contributed by atoms with Crippen LogP contribution in [0.1, 0.15) is 6.92 Å². The Morgan fingerprint density at radius 1 is 1.29 bits per heavy atom. The average molecular weight is 351 g/mol. The number of ether oxygens (including phenoxy) is 2. The summed E-state index contributed by atoms with van der Waals surface area (Å²) in [5.41, 5.74) is 0.0350. The van der Waals surface area contributed by atoms with Gasteiger partial charge in [-0.2, -0.15) is 0 Å². The van der Waals surface area contributed by atoms with Gasteiger partial charge in [0.25, 0.3) is 11.6 Å². The number of hydrogen-bond donors (Lipinski definition) is 1. The Labute approximate surface area is 143 Å². The fourth-order valence-electron chi connectivity index (χ4n) is 1.94. The monoisotopic (exact) mass is 350 g/mol. The maximum absolute atomic E-state index is 12.3. The largest absolute Gasteiger partial charge is 0.495 e. The molecule has 2 aromatic carbocycles. The normalized spacial score (nSPS) is 11.5. The predicted molar refractivity (Wildman–Crippen MR) is 89.8 cm³/mol. The molecule has 0 aliphatic carbocycles. The minimum Gasteiger partial charge on any atom is -0.495 e. The van der Waals surface area contributed by atoms with Crippen molar-refractivity contribution in [2.24, 2.45) is 0 Å². The summed E-state index contributed by atoms with van der Waals surface area (Å²) in [6.07, 6.45) is -0.840. The summed E-state index contributed by atoms with van der Waals surface area (Å²) in [7, 11) is 1.41. The molecule has 1 N–H and O–H groups in total. The Hall–Kier alpha value is -2.80. The molecule has 8 heteroatoms. The molecule has 0 aliphatic rings. The third-order valence-corrected chi connectivity index (χ3v) is 3.37. The smallest absolute Gasteiger partial charge is 0.271 e. The number of methoxy groups -OCH3 is 1. The van der Waals surface area contributed by atoms with Crippen LogP contribution in [0.4, 0.5) is 11.4 Å². The van der Waals surface area contributed by atoms with Crippen molar-refractivity contribution in [2.45, 2.75) is 13.0 Å². The molecule has 0 fully saturated rings. The number of carbonyl (C=O) groups is 1. The lowest BCUT2D eigenvalue weighted by Crippen LogP contribution is -2.30. The van der Waals surface area contributed by atoms with Crippen molar-refractivity contribution in [3.05, 3.63) is 57.6 Å². The van der Waals surface area contributed by atoms with Gasteiger partial charge in [0.2, 0.25) is 0 Å². The minimum absolute atomic E-state index is 0.158. The van der Waals surface area contributed by atoms with Gasteiger partial charge in [-0.25, -0.2) is 0 Å². The Kier molecular flexibility index (Phi) is 5.59. The second-order valence-electron chi connectivity index (χ2n) is 4.85. The third-order valence-electron chi connectivity index (χ3n) is 3.13. The number of amides is 1. The Balaban J connectivity index is 2.13. The quantitative estimate of drug-likeness (QED) is 0.634. The van der Waals surface area contributed by atoms with Crippen LogP contribution in [0, 0.1) is 10.1 Å². The zero-order valence-corrected chi connectivity index (χ0v) is 13.7. The highest BCUT2D eigenvalue weighted by Crippen LogP contribution is 2.29. The predicted octanol–water partition coefficient (Wildman–Crippen LogP) is 3.66. The fraction of sp³-hybridized carbons (Fsp3) is 0.188. The summed E-state index contributed by atoms with van der Waals surface area (Å²) < 4.78 is 10.6. The van der Waals surface area contributed by atoms with Gasteiger partial charge in [0, 0.05) is 17.2 Å². The van der Waals surface area contributed by atoms with Crippen LogP contribution in [-0.4, -0.2) is 24.0 Å². The van der Waals surface area contributed by atoms with E-state index in [1.165, 1.54) is 25.3 Å². The van der Waals surface area contributed by atoms with Crippen LogP contribution in [0.2, 0.25) is 5.02 Å². The Bertz CT molecular complexity index is 766. The summed E-state index contributed by atoms with van der Waals surface area (Å²) in [6.45, 7) is 1.56. The molecular formula is C16H15ClN2O5. The van der Waals surface area contributed by atoms with Crippen molar-refractivity contribution >= 4 is 28.9 Å². The number of nitrogens with zero attached hydrogens (tertiary/aromatic N) is 1. The first-order chi connectivity index (χ1) is 11.4. The van der Waals surface area contributed by atoms with Gasteiger partial charge in [-0.1, -0.05) is 17.7 Å². The number of carbonyl (C=O) groups excluding carboxylic acids is 1. The zero-order valence-electron chi connectivity index (χ0n) is 13.0. The van der Waals surface area contributed by atoms with E-state index >= 15 is 0 Å². The molecule has 1 amide bonds.